The zero-order chi connectivity index (χ0) is 11.5. The topological polar surface area (TPSA) is 20.2 Å². The van der Waals surface area contributed by atoms with Gasteiger partial charge >= 0.3 is 0 Å². The molecule has 0 amide bonds. The highest BCUT2D eigenvalue weighted by molar-refractivity contribution is 7.99. The molecule has 5 heteroatoms. The maximum absolute atomic E-state index is 9.48. The van der Waals surface area contributed by atoms with Crippen LogP contribution in [0.3, 0.4) is 0 Å². The first kappa shape index (κ1) is 13.5. The summed E-state index contributed by atoms with van der Waals surface area (Å²) in [4.78, 5) is 1.05. The van der Waals surface area contributed by atoms with Crippen molar-refractivity contribution in [2.45, 2.75) is 21.7 Å². The van der Waals surface area contributed by atoms with E-state index >= 15 is 0 Å². The fourth-order valence-electron chi connectivity index (χ4n) is 0.904. The average molecular weight is 286 g/mol. The lowest BCUT2D eigenvalue weighted by atomic mass is 10.2. The molecule has 1 atom stereocenters. The van der Waals surface area contributed by atoms with Crippen molar-refractivity contribution in [1.82, 2.24) is 0 Å². The van der Waals surface area contributed by atoms with E-state index in [0.29, 0.717) is 5.75 Å². The Hall–Kier alpha value is 0.400. The molecule has 1 rings (SSSR count). The fraction of sp³-hybridized carbons (Fsp3) is 0.400. The Bertz CT molecular complexity index is 307. The maximum Gasteiger partial charge on any atom is 0.216 e. The number of rotatable bonds is 3. The monoisotopic (exact) mass is 284 g/mol. The second-order valence-electron chi connectivity index (χ2n) is 3.18. The minimum absolute atomic E-state index is 0.361. The van der Waals surface area contributed by atoms with Crippen LogP contribution in [0.25, 0.3) is 0 Å². The van der Waals surface area contributed by atoms with Gasteiger partial charge in [0.25, 0.3) is 0 Å². The van der Waals surface area contributed by atoms with E-state index in [2.05, 4.69) is 0 Å². The molecule has 1 unspecified atom stereocenters. The number of aryl methyl sites for hydroxylation is 1. The molecule has 1 aromatic carbocycles. The van der Waals surface area contributed by atoms with Gasteiger partial charge in [0, 0.05) is 10.6 Å². The van der Waals surface area contributed by atoms with Gasteiger partial charge in [0.05, 0.1) is 0 Å². The summed E-state index contributed by atoms with van der Waals surface area (Å²) < 4.78 is -1.61. The second-order valence-corrected chi connectivity index (χ2v) is 6.64. The largest absolute Gasteiger partial charge is 0.388 e. The van der Waals surface area contributed by atoms with Gasteiger partial charge in [-0.25, -0.2) is 0 Å². The summed E-state index contributed by atoms with van der Waals surface area (Å²) >= 11 is 18.1. The zero-order valence-electron chi connectivity index (χ0n) is 8.08. The molecular formula is C10H11Cl3OS. The summed E-state index contributed by atoms with van der Waals surface area (Å²) in [5.74, 6) is 0.361. The molecule has 0 saturated carbocycles. The molecule has 0 spiro atoms. The first-order chi connectivity index (χ1) is 6.89. The molecule has 0 heterocycles. The summed E-state index contributed by atoms with van der Waals surface area (Å²) in [5.41, 5.74) is 1.20. The third-order valence-electron chi connectivity index (χ3n) is 1.81. The first-order valence-corrected chi connectivity index (χ1v) is 6.46. The summed E-state index contributed by atoms with van der Waals surface area (Å²) in [7, 11) is 0. The van der Waals surface area contributed by atoms with Gasteiger partial charge in [0.1, 0.15) is 6.10 Å². The lowest BCUT2D eigenvalue weighted by Crippen LogP contribution is -2.27. The molecule has 0 fully saturated rings. The third kappa shape index (κ3) is 4.83. The Balaban J connectivity index is 2.47. The van der Waals surface area contributed by atoms with E-state index in [0.717, 1.165) is 4.90 Å². The second kappa shape index (κ2) is 5.65. The molecule has 0 aliphatic carbocycles. The van der Waals surface area contributed by atoms with Crippen LogP contribution in [0.15, 0.2) is 29.2 Å². The van der Waals surface area contributed by atoms with Crippen molar-refractivity contribution in [3.63, 3.8) is 0 Å². The SMILES string of the molecule is Cc1ccc(SCC(O)C(Cl)(Cl)Cl)cc1. The molecular weight excluding hydrogens is 275 g/mol. The molecule has 0 radical (unpaired) electrons. The molecule has 1 N–H and O–H groups in total. The number of aliphatic hydroxyl groups is 1. The van der Waals surface area contributed by atoms with Crippen LogP contribution in [0.5, 0.6) is 0 Å². The van der Waals surface area contributed by atoms with E-state index in [1.165, 1.54) is 17.3 Å². The van der Waals surface area contributed by atoms with Gasteiger partial charge in [-0.05, 0) is 19.1 Å². The van der Waals surface area contributed by atoms with E-state index in [-0.39, 0.29) is 0 Å². The highest BCUT2D eigenvalue weighted by Crippen LogP contribution is 2.33. The van der Waals surface area contributed by atoms with Gasteiger partial charge in [-0.3, -0.25) is 0 Å². The predicted octanol–water partition coefficient (Wildman–Crippen LogP) is 3.82. The minimum atomic E-state index is -1.61. The number of alkyl halides is 3. The van der Waals surface area contributed by atoms with Gasteiger partial charge in [-0.2, -0.15) is 0 Å². The van der Waals surface area contributed by atoms with Crippen LogP contribution >= 0.6 is 46.6 Å². The number of aliphatic hydroxyl groups excluding tert-OH is 1. The van der Waals surface area contributed by atoms with Gasteiger partial charge in [0.15, 0.2) is 0 Å². The Morgan fingerprint density at radius 2 is 1.80 bits per heavy atom. The van der Waals surface area contributed by atoms with Gasteiger partial charge < -0.3 is 5.11 Å². The molecule has 0 aliphatic rings. The lowest BCUT2D eigenvalue weighted by molar-refractivity contribution is 0.204. The van der Waals surface area contributed by atoms with Crippen LogP contribution in [0.1, 0.15) is 5.56 Å². The van der Waals surface area contributed by atoms with Crippen molar-refractivity contribution in [2.24, 2.45) is 0 Å². The van der Waals surface area contributed by atoms with Crippen molar-refractivity contribution in [2.75, 3.05) is 5.75 Å². The molecule has 0 bridgehead atoms. The number of benzene rings is 1. The zero-order valence-corrected chi connectivity index (χ0v) is 11.2. The summed E-state index contributed by atoms with van der Waals surface area (Å²) in [6, 6.07) is 7.96. The van der Waals surface area contributed by atoms with Crippen LogP contribution < -0.4 is 0 Å². The van der Waals surface area contributed by atoms with Crippen molar-refractivity contribution >= 4 is 46.6 Å². The van der Waals surface area contributed by atoms with E-state index in [9.17, 15) is 5.11 Å². The van der Waals surface area contributed by atoms with Crippen LogP contribution in [0, 0.1) is 6.92 Å². The highest BCUT2D eigenvalue weighted by atomic mass is 35.6. The molecule has 1 nitrogen and oxygen atoms in total. The standard InChI is InChI=1S/C10H11Cl3OS/c1-7-2-4-8(5-3-7)15-6-9(14)10(11,12)13/h2-5,9,14H,6H2,1H3. The smallest absolute Gasteiger partial charge is 0.216 e. The molecule has 15 heavy (non-hydrogen) atoms. The normalized spacial score (nSPS) is 13.9. The Morgan fingerprint density at radius 1 is 1.27 bits per heavy atom. The van der Waals surface area contributed by atoms with Crippen molar-refractivity contribution < 1.29 is 5.11 Å². The number of hydrogen-bond donors (Lipinski definition) is 1. The number of thioether (sulfide) groups is 1. The summed E-state index contributed by atoms with van der Waals surface area (Å²) in [6.07, 6.45) is -0.964. The number of hydrogen-bond acceptors (Lipinski definition) is 2. The predicted molar refractivity (Wildman–Crippen MR) is 68.2 cm³/mol. The quantitative estimate of drug-likeness (QED) is 0.673. The Labute approximate surface area is 109 Å². The summed E-state index contributed by atoms with van der Waals surface area (Å²) in [6.45, 7) is 2.02. The Kier molecular flexibility index (Phi) is 5.07. The number of halogens is 3. The lowest BCUT2D eigenvalue weighted by Gasteiger charge is -2.18. The van der Waals surface area contributed by atoms with E-state index in [1.807, 2.05) is 31.2 Å². The molecule has 84 valence electrons. The van der Waals surface area contributed by atoms with Crippen molar-refractivity contribution in [3.05, 3.63) is 29.8 Å². The Morgan fingerprint density at radius 3 is 2.27 bits per heavy atom. The third-order valence-corrected chi connectivity index (χ3v) is 3.65. The molecule has 0 aliphatic heterocycles. The molecule has 0 aromatic heterocycles. The van der Waals surface area contributed by atoms with Gasteiger partial charge in [0.2, 0.25) is 3.79 Å². The van der Waals surface area contributed by atoms with E-state index < -0.39 is 9.90 Å². The van der Waals surface area contributed by atoms with Crippen LogP contribution in [0.2, 0.25) is 0 Å². The van der Waals surface area contributed by atoms with Gasteiger partial charge in [-0.1, -0.05) is 52.5 Å². The van der Waals surface area contributed by atoms with Crippen LogP contribution in [-0.4, -0.2) is 20.8 Å². The summed E-state index contributed by atoms with van der Waals surface area (Å²) in [5, 5.41) is 9.48. The van der Waals surface area contributed by atoms with Crippen molar-refractivity contribution in [1.29, 1.82) is 0 Å². The van der Waals surface area contributed by atoms with Crippen LogP contribution in [-0.2, 0) is 0 Å². The van der Waals surface area contributed by atoms with E-state index in [1.54, 1.807) is 0 Å². The first-order valence-electron chi connectivity index (χ1n) is 4.34. The molecule has 1 aromatic rings. The van der Waals surface area contributed by atoms with Crippen molar-refractivity contribution in [3.8, 4) is 0 Å². The fourth-order valence-corrected chi connectivity index (χ4v) is 2.34. The average Bonchev–Trinajstić information content (AvgIpc) is 2.15. The highest BCUT2D eigenvalue weighted by Gasteiger charge is 2.30. The van der Waals surface area contributed by atoms with Crippen LogP contribution in [0.4, 0.5) is 0 Å². The van der Waals surface area contributed by atoms with E-state index in [4.69, 9.17) is 34.8 Å². The molecule has 0 saturated heterocycles. The minimum Gasteiger partial charge on any atom is -0.388 e. The maximum atomic E-state index is 9.48. The van der Waals surface area contributed by atoms with Gasteiger partial charge in [-0.15, -0.1) is 11.8 Å².